The van der Waals surface area contributed by atoms with Crippen molar-refractivity contribution in [3.63, 3.8) is 0 Å². The summed E-state index contributed by atoms with van der Waals surface area (Å²) >= 11 is 1.22. The Hall–Kier alpha value is -0.0631. The molecule has 0 heterocycles. The van der Waals surface area contributed by atoms with E-state index in [1.54, 1.807) is 0 Å². The van der Waals surface area contributed by atoms with E-state index in [1.807, 2.05) is 20.8 Å². The van der Waals surface area contributed by atoms with Crippen LogP contribution >= 0.6 is 11.8 Å². The highest BCUT2D eigenvalue weighted by atomic mass is 32.2. The standard InChI is InChI=1S/C11H23NO3SSi/c1-5-9-11(16-10-12)17(13-6-2,14-7-3)15-8-4/h11H,5-9H2,1-4H3. The van der Waals surface area contributed by atoms with Gasteiger partial charge in [0.2, 0.25) is 0 Å². The van der Waals surface area contributed by atoms with Crippen LogP contribution in [0.15, 0.2) is 0 Å². The molecule has 0 aromatic rings. The molecule has 0 amide bonds. The molecule has 0 aliphatic rings. The summed E-state index contributed by atoms with van der Waals surface area (Å²) in [5, 5.41) is 11.0. The van der Waals surface area contributed by atoms with E-state index in [9.17, 15) is 0 Å². The summed E-state index contributed by atoms with van der Waals surface area (Å²) in [6.07, 6.45) is 1.87. The lowest BCUT2D eigenvalue weighted by Gasteiger charge is -2.33. The maximum absolute atomic E-state index is 8.90. The Morgan fingerprint density at radius 1 is 1.06 bits per heavy atom. The van der Waals surface area contributed by atoms with Crippen LogP contribution in [0.4, 0.5) is 0 Å². The molecule has 0 fully saturated rings. The van der Waals surface area contributed by atoms with Crippen LogP contribution < -0.4 is 0 Å². The second-order valence-electron chi connectivity index (χ2n) is 3.39. The molecule has 6 heteroatoms. The van der Waals surface area contributed by atoms with Crippen LogP contribution in [0.3, 0.4) is 0 Å². The molecule has 1 unspecified atom stereocenters. The summed E-state index contributed by atoms with van der Waals surface area (Å²) in [7, 11) is -2.73. The third-order valence-corrected chi connectivity index (χ3v) is 7.17. The summed E-state index contributed by atoms with van der Waals surface area (Å²) in [6, 6.07) is 0. The summed E-state index contributed by atoms with van der Waals surface area (Å²) < 4.78 is 17.4. The Balaban J connectivity index is 4.95. The fourth-order valence-corrected chi connectivity index (χ4v) is 6.13. The van der Waals surface area contributed by atoms with Gasteiger partial charge in [0.1, 0.15) is 5.40 Å². The van der Waals surface area contributed by atoms with E-state index in [4.69, 9.17) is 18.5 Å². The Kier molecular flexibility index (Phi) is 9.88. The molecule has 4 nitrogen and oxygen atoms in total. The number of thiocyanates is 1. The van der Waals surface area contributed by atoms with Gasteiger partial charge in [-0.05, 0) is 39.0 Å². The second kappa shape index (κ2) is 9.92. The minimum atomic E-state index is -2.73. The quantitative estimate of drug-likeness (QED) is 0.454. The smallest absolute Gasteiger partial charge is 0.373 e. The van der Waals surface area contributed by atoms with Crippen molar-refractivity contribution >= 4 is 20.6 Å². The highest BCUT2D eigenvalue weighted by molar-refractivity contribution is 8.05. The molecule has 0 bridgehead atoms. The van der Waals surface area contributed by atoms with Crippen molar-refractivity contribution in [1.29, 1.82) is 5.26 Å². The average molecular weight is 277 g/mol. The van der Waals surface area contributed by atoms with Gasteiger partial charge in [-0.2, -0.15) is 5.26 Å². The zero-order valence-corrected chi connectivity index (χ0v) is 13.0. The van der Waals surface area contributed by atoms with Crippen LogP contribution in [0.25, 0.3) is 0 Å². The predicted octanol–water partition coefficient (Wildman–Crippen LogP) is 2.96. The number of hydrogen-bond acceptors (Lipinski definition) is 5. The molecule has 0 rings (SSSR count). The van der Waals surface area contributed by atoms with Crippen LogP contribution in [0.5, 0.6) is 0 Å². The van der Waals surface area contributed by atoms with Crippen LogP contribution in [0.2, 0.25) is 0 Å². The number of thioether (sulfide) groups is 1. The molecule has 0 saturated heterocycles. The first-order valence-corrected chi connectivity index (χ1v) is 8.85. The maximum atomic E-state index is 8.90. The molecule has 0 aliphatic heterocycles. The summed E-state index contributed by atoms with van der Waals surface area (Å²) in [4.78, 5) is 0.0114. The van der Waals surface area contributed by atoms with Gasteiger partial charge >= 0.3 is 8.80 Å². The zero-order valence-electron chi connectivity index (χ0n) is 11.2. The third-order valence-electron chi connectivity index (χ3n) is 2.18. The van der Waals surface area contributed by atoms with E-state index in [1.165, 1.54) is 11.8 Å². The Labute approximate surface area is 110 Å². The van der Waals surface area contributed by atoms with Crippen LogP contribution in [-0.2, 0) is 13.3 Å². The minimum Gasteiger partial charge on any atom is -0.373 e. The van der Waals surface area contributed by atoms with Gasteiger partial charge in [0.05, 0.1) is 4.87 Å². The maximum Gasteiger partial charge on any atom is 0.515 e. The van der Waals surface area contributed by atoms with Gasteiger partial charge in [0, 0.05) is 19.8 Å². The molecule has 0 aromatic carbocycles. The lowest BCUT2D eigenvalue weighted by atomic mass is 10.4. The molecular formula is C11H23NO3SSi. The minimum absolute atomic E-state index is 0.0114. The van der Waals surface area contributed by atoms with Crippen molar-refractivity contribution in [1.82, 2.24) is 0 Å². The normalized spacial score (nSPS) is 13.4. The van der Waals surface area contributed by atoms with Crippen LogP contribution in [0.1, 0.15) is 40.5 Å². The molecule has 0 aliphatic carbocycles. The van der Waals surface area contributed by atoms with Crippen molar-refractivity contribution in [2.24, 2.45) is 0 Å². The molecule has 0 spiro atoms. The fraction of sp³-hybridized carbons (Fsp3) is 0.909. The van der Waals surface area contributed by atoms with E-state index in [-0.39, 0.29) is 4.87 Å². The SMILES string of the molecule is CCCC(SC#N)[Si](OCC)(OCC)OCC. The highest BCUT2D eigenvalue weighted by Gasteiger charge is 2.49. The predicted molar refractivity (Wildman–Crippen MR) is 72.5 cm³/mol. The molecular weight excluding hydrogens is 254 g/mol. The average Bonchev–Trinajstić information content (AvgIpc) is 2.29. The number of nitriles is 1. The van der Waals surface area contributed by atoms with E-state index in [2.05, 4.69) is 12.3 Å². The van der Waals surface area contributed by atoms with E-state index < -0.39 is 8.80 Å². The number of hydrogen-bond donors (Lipinski definition) is 0. The molecule has 17 heavy (non-hydrogen) atoms. The molecule has 0 N–H and O–H groups in total. The molecule has 100 valence electrons. The van der Waals surface area contributed by atoms with Crippen LogP contribution in [0, 0.1) is 10.7 Å². The lowest BCUT2D eigenvalue weighted by Crippen LogP contribution is -2.55. The molecule has 0 saturated carbocycles. The first-order valence-electron chi connectivity index (χ1n) is 6.17. The lowest BCUT2D eigenvalue weighted by molar-refractivity contribution is 0.0688. The summed E-state index contributed by atoms with van der Waals surface area (Å²) in [5.74, 6) is 0. The number of nitrogens with zero attached hydrogens (tertiary/aromatic N) is 1. The van der Waals surface area contributed by atoms with Gasteiger partial charge in [-0.3, -0.25) is 0 Å². The van der Waals surface area contributed by atoms with Crippen molar-refractivity contribution in [3.05, 3.63) is 0 Å². The largest absolute Gasteiger partial charge is 0.515 e. The van der Waals surface area contributed by atoms with E-state index >= 15 is 0 Å². The van der Waals surface area contributed by atoms with Gasteiger partial charge in [0.25, 0.3) is 0 Å². The second-order valence-corrected chi connectivity index (χ2v) is 7.56. The molecule has 0 aromatic heterocycles. The van der Waals surface area contributed by atoms with Crippen molar-refractivity contribution in [2.45, 2.75) is 45.4 Å². The van der Waals surface area contributed by atoms with Gasteiger partial charge in [-0.15, -0.1) is 0 Å². The van der Waals surface area contributed by atoms with Crippen molar-refractivity contribution in [2.75, 3.05) is 19.8 Å². The van der Waals surface area contributed by atoms with Crippen molar-refractivity contribution in [3.8, 4) is 5.40 Å². The monoisotopic (exact) mass is 277 g/mol. The topological polar surface area (TPSA) is 51.5 Å². The van der Waals surface area contributed by atoms with Gasteiger partial charge in [-0.25, -0.2) is 0 Å². The van der Waals surface area contributed by atoms with E-state index in [0.29, 0.717) is 19.8 Å². The van der Waals surface area contributed by atoms with E-state index in [0.717, 1.165) is 12.8 Å². The summed E-state index contributed by atoms with van der Waals surface area (Å²) in [5.41, 5.74) is 0. The number of rotatable bonds is 10. The van der Waals surface area contributed by atoms with Gasteiger partial charge < -0.3 is 13.3 Å². The third kappa shape index (κ3) is 5.40. The van der Waals surface area contributed by atoms with Crippen LogP contribution in [-0.4, -0.2) is 33.5 Å². The summed E-state index contributed by atoms with van der Waals surface area (Å²) in [6.45, 7) is 9.54. The van der Waals surface area contributed by atoms with Gasteiger partial charge in [0.15, 0.2) is 0 Å². The highest BCUT2D eigenvalue weighted by Crippen LogP contribution is 2.29. The Morgan fingerprint density at radius 2 is 1.53 bits per heavy atom. The first kappa shape index (κ1) is 16.9. The Bertz CT molecular complexity index is 218. The van der Waals surface area contributed by atoms with Gasteiger partial charge in [-0.1, -0.05) is 13.3 Å². The zero-order chi connectivity index (χ0) is 13.1. The molecule has 1 atom stereocenters. The van der Waals surface area contributed by atoms with Crippen molar-refractivity contribution < 1.29 is 13.3 Å². The Morgan fingerprint density at radius 3 is 1.82 bits per heavy atom. The first-order chi connectivity index (χ1) is 8.20. The fourth-order valence-electron chi connectivity index (χ4n) is 1.64. The molecule has 0 radical (unpaired) electrons.